The summed E-state index contributed by atoms with van der Waals surface area (Å²) in [5, 5.41) is 3.06. The van der Waals surface area contributed by atoms with Crippen molar-refractivity contribution in [2.45, 2.75) is 43.4 Å². The summed E-state index contributed by atoms with van der Waals surface area (Å²) < 4.78 is 5.17. The zero-order valence-electron chi connectivity index (χ0n) is 15.4. The van der Waals surface area contributed by atoms with Crippen molar-refractivity contribution in [1.29, 1.82) is 0 Å². The van der Waals surface area contributed by atoms with Crippen molar-refractivity contribution in [3.05, 3.63) is 60.2 Å². The first-order valence-corrected chi connectivity index (χ1v) is 9.53. The maximum Gasteiger partial charge on any atom is 0.233 e. The van der Waals surface area contributed by atoms with E-state index in [1.54, 1.807) is 18.9 Å². The van der Waals surface area contributed by atoms with Crippen molar-refractivity contribution < 1.29 is 9.53 Å². The Balaban J connectivity index is 2.01. The Morgan fingerprint density at radius 2 is 1.68 bits per heavy atom. The van der Waals surface area contributed by atoms with Gasteiger partial charge in [0.25, 0.3) is 0 Å². The van der Waals surface area contributed by atoms with Crippen molar-refractivity contribution in [1.82, 2.24) is 5.32 Å². The van der Waals surface area contributed by atoms with Gasteiger partial charge in [-0.3, -0.25) is 4.79 Å². The number of benzene rings is 2. The van der Waals surface area contributed by atoms with E-state index in [1.165, 1.54) is 0 Å². The highest BCUT2D eigenvalue weighted by molar-refractivity contribution is 8.00. The molecule has 1 amide bonds. The molecule has 3 nitrogen and oxygen atoms in total. The highest BCUT2D eigenvalue weighted by Crippen LogP contribution is 2.27. The molecule has 2 rings (SSSR count). The zero-order valence-corrected chi connectivity index (χ0v) is 16.2. The number of thioether (sulfide) groups is 1. The number of hydrogen-bond donors (Lipinski definition) is 1. The lowest BCUT2D eigenvalue weighted by atomic mass is 9.97. The molecule has 2 aromatic rings. The number of amides is 1. The van der Waals surface area contributed by atoms with Crippen LogP contribution in [0.2, 0.25) is 0 Å². The molecule has 0 aliphatic carbocycles. The second-order valence-electron chi connectivity index (χ2n) is 6.54. The van der Waals surface area contributed by atoms with Gasteiger partial charge in [0.05, 0.1) is 18.4 Å². The van der Waals surface area contributed by atoms with Gasteiger partial charge in [0.1, 0.15) is 5.75 Å². The van der Waals surface area contributed by atoms with Crippen LogP contribution in [0.5, 0.6) is 5.75 Å². The zero-order chi connectivity index (χ0) is 18.2. The van der Waals surface area contributed by atoms with Crippen LogP contribution in [0.15, 0.2) is 59.5 Å². The lowest BCUT2D eigenvalue weighted by Gasteiger charge is -2.23. The molecule has 0 bridgehead atoms. The molecule has 0 spiro atoms. The Hall–Kier alpha value is -1.94. The standard InChI is InChI=1S/C21H27NO2S/c1-15(2)14-20(17-8-6-5-7-9-17)22-21(23)16(3)25-19-12-10-18(24-4)11-13-19/h5-13,15-16,20H,14H2,1-4H3,(H,22,23)/t16-,20+/m0/s1. The van der Waals surface area contributed by atoms with Crippen molar-refractivity contribution in [2.75, 3.05) is 7.11 Å². The van der Waals surface area contributed by atoms with Crippen LogP contribution in [-0.2, 0) is 4.79 Å². The topological polar surface area (TPSA) is 38.3 Å². The van der Waals surface area contributed by atoms with Crippen molar-refractivity contribution in [3.63, 3.8) is 0 Å². The number of rotatable bonds is 8. The largest absolute Gasteiger partial charge is 0.497 e. The van der Waals surface area contributed by atoms with Gasteiger partial charge < -0.3 is 10.1 Å². The summed E-state index contributed by atoms with van der Waals surface area (Å²) in [7, 11) is 1.65. The van der Waals surface area contributed by atoms with E-state index in [-0.39, 0.29) is 17.2 Å². The molecule has 25 heavy (non-hydrogen) atoms. The van der Waals surface area contributed by atoms with Gasteiger partial charge >= 0.3 is 0 Å². The minimum Gasteiger partial charge on any atom is -0.497 e. The van der Waals surface area contributed by atoms with E-state index in [2.05, 4.69) is 31.3 Å². The van der Waals surface area contributed by atoms with Gasteiger partial charge in [-0.25, -0.2) is 0 Å². The van der Waals surface area contributed by atoms with E-state index in [0.717, 1.165) is 22.6 Å². The molecular weight excluding hydrogens is 330 g/mol. The molecule has 0 heterocycles. The van der Waals surface area contributed by atoms with Crippen molar-refractivity contribution in [2.24, 2.45) is 5.92 Å². The molecule has 0 aliphatic rings. The summed E-state index contributed by atoms with van der Waals surface area (Å²) in [4.78, 5) is 13.7. The van der Waals surface area contributed by atoms with Gasteiger partial charge in [0.2, 0.25) is 5.91 Å². The van der Waals surface area contributed by atoms with Crippen LogP contribution in [0.4, 0.5) is 0 Å². The number of methoxy groups -OCH3 is 1. The average Bonchev–Trinajstić information content (AvgIpc) is 2.62. The van der Waals surface area contributed by atoms with Gasteiger partial charge in [-0.2, -0.15) is 0 Å². The highest BCUT2D eigenvalue weighted by atomic mass is 32.2. The second kappa shape index (κ2) is 9.52. The third-order valence-electron chi connectivity index (χ3n) is 3.97. The van der Waals surface area contributed by atoms with E-state index < -0.39 is 0 Å². The minimum atomic E-state index is -0.160. The molecule has 0 unspecified atom stereocenters. The van der Waals surface area contributed by atoms with E-state index in [4.69, 9.17) is 4.74 Å². The average molecular weight is 358 g/mol. The van der Waals surface area contributed by atoms with Crippen LogP contribution >= 0.6 is 11.8 Å². The van der Waals surface area contributed by atoms with Gasteiger partial charge in [-0.05, 0) is 49.1 Å². The molecular formula is C21H27NO2S. The fourth-order valence-electron chi connectivity index (χ4n) is 2.64. The Bertz CT molecular complexity index is 655. The van der Waals surface area contributed by atoms with E-state index in [9.17, 15) is 4.79 Å². The monoisotopic (exact) mass is 357 g/mol. The van der Waals surface area contributed by atoms with Crippen LogP contribution in [0.25, 0.3) is 0 Å². The van der Waals surface area contributed by atoms with Crippen LogP contribution in [-0.4, -0.2) is 18.3 Å². The quantitative estimate of drug-likeness (QED) is 0.670. The third-order valence-corrected chi connectivity index (χ3v) is 5.08. The van der Waals surface area contributed by atoms with Crippen LogP contribution < -0.4 is 10.1 Å². The summed E-state index contributed by atoms with van der Waals surface area (Å²) in [5.74, 6) is 1.40. The smallest absolute Gasteiger partial charge is 0.233 e. The molecule has 0 fully saturated rings. The molecule has 2 atom stereocenters. The van der Waals surface area contributed by atoms with Gasteiger partial charge in [-0.15, -0.1) is 11.8 Å². The maximum absolute atomic E-state index is 12.7. The number of hydrogen-bond acceptors (Lipinski definition) is 3. The summed E-state index contributed by atoms with van der Waals surface area (Å²) >= 11 is 1.56. The fraction of sp³-hybridized carbons (Fsp3) is 0.381. The van der Waals surface area contributed by atoms with Crippen LogP contribution in [0.3, 0.4) is 0 Å². The first kappa shape index (κ1) is 19.4. The molecule has 0 radical (unpaired) electrons. The summed E-state index contributed by atoms with van der Waals surface area (Å²) in [6.07, 6.45) is 0.926. The second-order valence-corrected chi connectivity index (χ2v) is 7.95. The molecule has 4 heteroatoms. The first-order valence-electron chi connectivity index (χ1n) is 8.65. The molecule has 0 saturated heterocycles. The minimum absolute atomic E-state index is 0.0487. The van der Waals surface area contributed by atoms with Crippen molar-refractivity contribution in [3.8, 4) is 5.75 Å². The summed E-state index contributed by atoms with van der Waals surface area (Å²) in [6, 6.07) is 18.0. The third kappa shape index (κ3) is 6.13. The fourth-order valence-corrected chi connectivity index (χ4v) is 3.51. The summed E-state index contributed by atoms with van der Waals surface area (Å²) in [5.41, 5.74) is 1.16. The van der Waals surface area contributed by atoms with Gasteiger partial charge in [-0.1, -0.05) is 44.2 Å². The Morgan fingerprint density at radius 3 is 2.24 bits per heavy atom. The molecule has 0 aliphatic heterocycles. The van der Waals surface area contributed by atoms with Crippen LogP contribution in [0, 0.1) is 5.92 Å². The number of carbonyl (C=O) groups is 1. The first-order chi connectivity index (χ1) is 12.0. The van der Waals surface area contributed by atoms with Gasteiger partial charge in [0, 0.05) is 4.90 Å². The number of carbonyl (C=O) groups excluding carboxylic acids is 1. The van der Waals surface area contributed by atoms with Crippen LogP contribution in [0.1, 0.15) is 38.8 Å². The lowest BCUT2D eigenvalue weighted by molar-refractivity contribution is -0.121. The van der Waals surface area contributed by atoms with Gasteiger partial charge in [0.15, 0.2) is 0 Å². The molecule has 2 aromatic carbocycles. The highest BCUT2D eigenvalue weighted by Gasteiger charge is 2.20. The van der Waals surface area contributed by atoms with E-state index in [0.29, 0.717) is 5.92 Å². The lowest BCUT2D eigenvalue weighted by Crippen LogP contribution is -2.35. The van der Waals surface area contributed by atoms with E-state index in [1.807, 2.05) is 49.4 Å². The molecule has 134 valence electrons. The Labute approximate surface area is 155 Å². The number of nitrogens with one attached hydrogen (secondary N) is 1. The van der Waals surface area contributed by atoms with Crippen molar-refractivity contribution >= 4 is 17.7 Å². The normalized spacial score (nSPS) is 13.3. The number of ether oxygens (including phenoxy) is 1. The molecule has 1 N–H and O–H groups in total. The predicted octanol–water partition coefficient (Wildman–Crippen LogP) is 5.08. The molecule has 0 aromatic heterocycles. The predicted molar refractivity (Wildman–Crippen MR) is 105 cm³/mol. The maximum atomic E-state index is 12.7. The van der Waals surface area contributed by atoms with E-state index >= 15 is 0 Å². The molecule has 0 saturated carbocycles. The SMILES string of the molecule is COc1ccc(S[C@@H](C)C(=O)N[C@H](CC(C)C)c2ccccc2)cc1. The Kier molecular flexibility index (Phi) is 7.38. The summed E-state index contributed by atoms with van der Waals surface area (Å²) in [6.45, 7) is 6.30. The Morgan fingerprint density at radius 1 is 1.04 bits per heavy atom.